The molecule has 142 valence electrons. The third-order valence-corrected chi connectivity index (χ3v) is 3.63. The van der Waals surface area contributed by atoms with Gasteiger partial charge in [0.25, 0.3) is 0 Å². The Kier molecular flexibility index (Phi) is 5.45. The number of urea groups is 1. The number of benzene rings is 1. The van der Waals surface area contributed by atoms with Gasteiger partial charge in [-0.2, -0.15) is 0 Å². The first-order valence-corrected chi connectivity index (χ1v) is 8.20. The third-order valence-electron chi connectivity index (χ3n) is 3.63. The zero-order chi connectivity index (χ0) is 20.1. The number of carbonyl (C=O) groups is 1. The highest BCUT2D eigenvalue weighted by molar-refractivity contribution is 6.02. The lowest BCUT2D eigenvalue weighted by Crippen LogP contribution is -2.20. The van der Waals surface area contributed by atoms with E-state index in [4.69, 9.17) is 15.9 Å². The molecule has 2 heterocycles. The van der Waals surface area contributed by atoms with Gasteiger partial charge >= 0.3 is 6.03 Å². The van der Waals surface area contributed by atoms with Gasteiger partial charge in [-0.3, -0.25) is 5.32 Å². The maximum Gasteiger partial charge on any atom is 0.324 e. The summed E-state index contributed by atoms with van der Waals surface area (Å²) in [5, 5.41) is 12.8. The minimum atomic E-state index is -0.695. The molecule has 2 amide bonds. The van der Waals surface area contributed by atoms with Crippen molar-refractivity contribution in [1.29, 1.82) is 5.41 Å². The van der Waals surface area contributed by atoms with Gasteiger partial charge in [0.15, 0.2) is 11.6 Å². The summed E-state index contributed by atoms with van der Waals surface area (Å²) < 4.78 is 20.0. The standard InChI is InChI=1S/C19H17FN6O2/c1-11(21)17-15(7-9-24-18(17)22)28-14-6-5-12(10-13(14)20)25-19(27)26-16-4-2-3-8-23-16/h2-10,21H,1H3,(H2,22,24)(H2,23,25,26,27). The van der Waals surface area contributed by atoms with Crippen molar-refractivity contribution in [1.82, 2.24) is 9.97 Å². The van der Waals surface area contributed by atoms with Crippen LogP contribution in [0.3, 0.4) is 0 Å². The van der Waals surface area contributed by atoms with Crippen molar-refractivity contribution in [2.75, 3.05) is 16.4 Å². The molecule has 0 saturated carbocycles. The van der Waals surface area contributed by atoms with Gasteiger partial charge in [0.05, 0.1) is 5.56 Å². The summed E-state index contributed by atoms with van der Waals surface area (Å²) in [4.78, 5) is 19.8. The van der Waals surface area contributed by atoms with Crippen LogP contribution in [0.1, 0.15) is 12.5 Å². The van der Waals surface area contributed by atoms with Crippen molar-refractivity contribution in [2.45, 2.75) is 6.92 Å². The Labute approximate surface area is 160 Å². The van der Waals surface area contributed by atoms with Gasteiger partial charge < -0.3 is 21.2 Å². The first-order valence-electron chi connectivity index (χ1n) is 8.20. The van der Waals surface area contributed by atoms with Crippen LogP contribution < -0.4 is 21.1 Å². The molecule has 3 aromatic rings. The van der Waals surface area contributed by atoms with Crippen LogP contribution in [0, 0.1) is 11.2 Å². The molecule has 0 aliphatic rings. The highest BCUT2D eigenvalue weighted by atomic mass is 19.1. The molecule has 28 heavy (non-hydrogen) atoms. The predicted octanol–water partition coefficient (Wildman–Crippen LogP) is 4.02. The van der Waals surface area contributed by atoms with Crippen molar-refractivity contribution in [3.8, 4) is 11.5 Å². The molecule has 0 bridgehead atoms. The van der Waals surface area contributed by atoms with Gasteiger partial charge in [-0.15, -0.1) is 0 Å². The highest BCUT2D eigenvalue weighted by Crippen LogP contribution is 2.31. The first kappa shape index (κ1) is 18.8. The monoisotopic (exact) mass is 380 g/mol. The zero-order valence-corrected chi connectivity index (χ0v) is 14.9. The Bertz CT molecular complexity index is 1030. The fraction of sp³-hybridized carbons (Fsp3) is 0.0526. The number of nitrogen functional groups attached to an aromatic ring is 1. The van der Waals surface area contributed by atoms with E-state index in [1.54, 1.807) is 18.2 Å². The van der Waals surface area contributed by atoms with Gasteiger partial charge in [-0.25, -0.2) is 19.2 Å². The van der Waals surface area contributed by atoms with Crippen LogP contribution in [0.25, 0.3) is 0 Å². The van der Waals surface area contributed by atoms with Gasteiger partial charge in [0, 0.05) is 29.9 Å². The lowest BCUT2D eigenvalue weighted by atomic mass is 10.1. The fourth-order valence-corrected chi connectivity index (χ4v) is 2.42. The summed E-state index contributed by atoms with van der Waals surface area (Å²) in [6, 6.07) is 9.98. The normalized spacial score (nSPS) is 10.2. The second-order valence-corrected chi connectivity index (χ2v) is 5.74. The van der Waals surface area contributed by atoms with Gasteiger partial charge in [-0.1, -0.05) is 6.07 Å². The summed E-state index contributed by atoms with van der Waals surface area (Å²) in [5.41, 5.74) is 6.44. The van der Waals surface area contributed by atoms with Crippen LogP contribution >= 0.6 is 0 Å². The number of nitrogens with two attached hydrogens (primary N) is 1. The van der Waals surface area contributed by atoms with E-state index in [1.807, 2.05) is 0 Å². The Morgan fingerprint density at radius 1 is 1.11 bits per heavy atom. The van der Waals surface area contributed by atoms with Gasteiger partial charge in [0.2, 0.25) is 0 Å². The number of hydrogen-bond donors (Lipinski definition) is 4. The van der Waals surface area contributed by atoms with Crippen LogP contribution in [0.5, 0.6) is 11.5 Å². The molecule has 9 heteroatoms. The third kappa shape index (κ3) is 4.39. The van der Waals surface area contributed by atoms with E-state index >= 15 is 0 Å². The Balaban J connectivity index is 1.74. The number of anilines is 3. The van der Waals surface area contributed by atoms with E-state index < -0.39 is 11.8 Å². The highest BCUT2D eigenvalue weighted by Gasteiger charge is 2.14. The predicted molar refractivity (Wildman–Crippen MR) is 105 cm³/mol. The molecule has 2 aromatic heterocycles. The number of pyridine rings is 2. The van der Waals surface area contributed by atoms with E-state index in [-0.39, 0.29) is 28.7 Å². The van der Waals surface area contributed by atoms with Crippen LogP contribution in [0.15, 0.2) is 54.9 Å². The smallest absolute Gasteiger partial charge is 0.324 e. The number of halogens is 1. The number of rotatable bonds is 5. The maximum absolute atomic E-state index is 14.4. The first-order chi connectivity index (χ1) is 13.4. The lowest BCUT2D eigenvalue weighted by molar-refractivity contribution is 0.262. The quantitative estimate of drug-likeness (QED) is 0.497. The minimum Gasteiger partial charge on any atom is -0.453 e. The van der Waals surface area contributed by atoms with Crippen molar-refractivity contribution in [2.24, 2.45) is 0 Å². The summed E-state index contributed by atoms with van der Waals surface area (Å²) in [7, 11) is 0. The Morgan fingerprint density at radius 2 is 1.93 bits per heavy atom. The number of amides is 2. The average Bonchev–Trinajstić information content (AvgIpc) is 2.64. The second kappa shape index (κ2) is 8.12. The molecule has 1 aromatic carbocycles. The van der Waals surface area contributed by atoms with Gasteiger partial charge in [0.1, 0.15) is 17.4 Å². The number of nitrogens with one attached hydrogen (secondary N) is 3. The molecule has 0 fully saturated rings. The number of aromatic nitrogens is 2. The number of nitrogens with zero attached hydrogens (tertiary/aromatic N) is 2. The van der Waals surface area contributed by atoms with Crippen LogP contribution in [-0.4, -0.2) is 21.7 Å². The fourth-order valence-electron chi connectivity index (χ4n) is 2.42. The van der Waals surface area contributed by atoms with Crippen molar-refractivity contribution in [3.05, 3.63) is 66.2 Å². The number of ether oxygens (including phenoxy) is 1. The minimum absolute atomic E-state index is 0.0798. The molecule has 5 N–H and O–H groups in total. The maximum atomic E-state index is 14.4. The van der Waals surface area contributed by atoms with Crippen LogP contribution in [0.2, 0.25) is 0 Å². The number of carbonyl (C=O) groups excluding carboxylic acids is 1. The second-order valence-electron chi connectivity index (χ2n) is 5.74. The van der Waals surface area contributed by atoms with Gasteiger partial charge in [-0.05, 0) is 37.3 Å². The van der Waals surface area contributed by atoms with E-state index in [2.05, 4.69) is 20.6 Å². The molecule has 0 atom stereocenters. The Hall–Kier alpha value is -4.01. The molecule has 0 aliphatic heterocycles. The molecular formula is C19H17FN6O2. The van der Waals surface area contributed by atoms with Crippen molar-refractivity contribution >= 4 is 29.1 Å². The van der Waals surface area contributed by atoms with Crippen LogP contribution in [-0.2, 0) is 0 Å². The van der Waals surface area contributed by atoms with E-state index in [0.717, 1.165) is 6.07 Å². The van der Waals surface area contributed by atoms with E-state index in [1.165, 1.54) is 37.5 Å². The molecular weight excluding hydrogens is 363 g/mol. The molecule has 0 radical (unpaired) electrons. The molecule has 0 aliphatic carbocycles. The SMILES string of the molecule is CC(=N)c1c(Oc2ccc(NC(=O)Nc3ccccn3)cc2F)ccnc1N. The molecule has 0 saturated heterocycles. The Morgan fingerprint density at radius 3 is 2.61 bits per heavy atom. The summed E-state index contributed by atoms with van der Waals surface area (Å²) in [6.07, 6.45) is 2.95. The average molecular weight is 380 g/mol. The molecule has 8 nitrogen and oxygen atoms in total. The molecule has 0 unspecified atom stereocenters. The van der Waals surface area contributed by atoms with E-state index in [9.17, 15) is 9.18 Å². The summed E-state index contributed by atoms with van der Waals surface area (Å²) in [5.74, 6) is -0.0731. The number of hydrogen-bond acceptors (Lipinski definition) is 6. The lowest BCUT2D eigenvalue weighted by Gasteiger charge is -2.13. The van der Waals surface area contributed by atoms with E-state index in [0.29, 0.717) is 11.4 Å². The zero-order valence-electron chi connectivity index (χ0n) is 14.9. The van der Waals surface area contributed by atoms with Crippen molar-refractivity contribution in [3.63, 3.8) is 0 Å². The largest absolute Gasteiger partial charge is 0.453 e. The van der Waals surface area contributed by atoms with Crippen LogP contribution in [0.4, 0.5) is 26.5 Å². The summed E-state index contributed by atoms with van der Waals surface area (Å²) >= 11 is 0. The molecule has 0 spiro atoms. The van der Waals surface area contributed by atoms with Crippen molar-refractivity contribution < 1.29 is 13.9 Å². The topological polar surface area (TPSA) is 126 Å². The summed E-state index contributed by atoms with van der Waals surface area (Å²) in [6.45, 7) is 1.53. The molecule has 3 rings (SSSR count).